The molecule has 86 valence electrons. The molecule has 2 rings (SSSR count). The molecule has 1 heterocycles. The fourth-order valence-corrected chi connectivity index (χ4v) is 1.60. The summed E-state index contributed by atoms with van der Waals surface area (Å²) in [5.41, 5.74) is 0.0846. The topological polar surface area (TPSA) is 35.5 Å². The summed E-state index contributed by atoms with van der Waals surface area (Å²) in [7, 11) is 0. The number of benzene rings is 1. The van der Waals surface area contributed by atoms with Crippen molar-refractivity contribution in [3.63, 3.8) is 0 Å². The van der Waals surface area contributed by atoms with Gasteiger partial charge in [-0.25, -0.2) is 4.39 Å². The van der Waals surface area contributed by atoms with Crippen LogP contribution in [0.3, 0.4) is 0 Å². The maximum absolute atomic E-state index is 13.2. The van der Waals surface area contributed by atoms with Gasteiger partial charge in [-0.3, -0.25) is 4.79 Å². The molecule has 1 saturated heterocycles. The van der Waals surface area contributed by atoms with Gasteiger partial charge >= 0.3 is 0 Å². The molecule has 16 heavy (non-hydrogen) atoms. The third-order valence-corrected chi connectivity index (χ3v) is 2.51. The van der Waals surface area contributed by atoms with Crippen LogP contribution in [-0.4, -0.2) is 31.7 Å². The predicted molar refractivity (Wildman–Crippen MR) is 55.9 cm³/mol. The number of halogens is 1. The third kappa shape index (κ3) is 2.65. The van der Waals surface area contributed by atoms with Crippen LogP contribution in [0.1, 0.15) is 16.8 Å². The molecule has 0 aromatic heterocycles. The minimum absolute atomic E-state index is 0.0317. The SMILES string of the molecule is O=C(COC1CCOC1)c1ccccc1F. The van der Waals surface area contributed by atoms with E-state index in [4.69, 9.17) is 9.47 Å². The van der Waals surface area contributed by atoms with E-state index in [0.717, 1.165) is 6.42 Å². The number of Topliss-reactive ketones (excluding diaryl/α,β-unsaturated/α-hetero) is 1. The number of carbonyl (C=O) groups excluding carboxylic acids is 1. The van der Waals surface area contributed by atoms with Crippen molar-refractivity contribution in [2.24, 2.45) is 0 Å². The molecule has 0 amide bonds. The van der Waals surface area contributed by atoms with Gasteiger partial charge in [0, 0.05) is 6.61 Å². The quantitative estimate of drug-likeness (QED) is 0.732. The van der Waals surface area contributed by atoms with E-state index in [1.165, 1.54) is 12.1 Å². The Labute approximate surface area is 93.2 Å². The predicted octanol–water partition coefficient (Wildman–Crippen LogP) is 1.81. The van der Waals surface area contributed by atoms with Crippen molar-refractivity contribution in [1.29, 1.82) is 0 Å². The van der Waals surface area contributed by atoms with E-state index in [-0.39, 0.29) is 24.1 Å². The van der Waals surface area contributed by atoms with E-state index in [1.807, 2.05) is 0 Å². The molecule has 1 unspecified atom stereocenters. The average molecular weight is 224 g/mol. The van der Waals surface area contributed by atoms with E-state index >= 15 is 0 Å². The van der Waals surface area contributed by atoms with Crippen LogP contribution in [0.15, 0.2) is 24.3 Å². The molecule has 1 atom stereocenters. The van der Waals surface area contributed by atoms with E-state index in [1.54, 1.807) is 12.1 Å². The molecule has 0 N–H and O–H groups in total. The highest BCUT2D eigenvalue weighted by Gasteiger charge is 2.18. The Morgan fingerprint density at radius 3 is 3.00 bits per heavy atom. The zero-order chi connectivity index (χ0) is 11.4. The highest BCUT2D eigenvalue weighted by atomic mass is 19.1. The fraction of sp³-hybridized carbons (Fsp3) is 0.417. The van der Waals surface area contributed by atoms with Crippen LogP contribution in [0.5, 0.6) is 0 Å². The molecule has 0 spiro atoms. The van der Waals surface area contributed by atoms with Gasteiger partial charge in [0.15, 0.2) is 5.78 Å². The van der Waals surface area contributed by atoms with Crippen molar-refractivity contribution >= 4 is 5.78 Å². The van der Waals surface area contributed by atoms with Crippen LogP contribution in [0, 0.1) is 5.82 Å². The van der Waals surface area contributed by atoms with Gasteiger partial charge in [0.25, 0.3) is 0 Å². The molecule has 4 heteroatoms. The highest BCUT2D eigenvalue weighted by molar-refractivity contribution is 5.97. The molecule has 1 aromatic rings. The molecule has 0 saturated carbocycles. The summed E-state index contributed by atoms with van der Waals surface area (Å²) < 4.78 is 23.7. The first-order valence-corrected chi connectivity index (χ1v) is 5.24. The summed E-state index contributed by atoms with van der Waals surface area (Å²) >= 11 is 0. The average Bonchev–Trinajstić information content (AvgIpc) is 2.79. The molecule has 1 aliphatic rings. The van der Waals surface area contributed by atoms with Gasteiger partial charge in [0.05, 0.1) is 18.3 Å². The lowest BCUT2D eigenvalue weighted by Crippen LogP contribution is -2.19. The van der Waals surface area contributed by atoms with E-state index < -0.39 is 5.82 Å². The standard InChI is InChI=1S/C12H13FO3/c13-11-4-2-1-3-10(11)12(14)8-16-9-5-6-15-7-9/h1-4,9H,5-8H2. The minimum Gasteiger partial charge on any atom is -0.379 e. The molecule has 1 aromatic carbocycles. The first-order chi connectivity index (χ1) is 7.77. The highest BCUT2D eigenvalue weighted by Crippen LogP contribution is 2.11. The fourth-order valence-electron chi connectivity index (χ4n) is 1.60. The molecule has 1 aliphatic heterocycles. The Bertz CT molecular complexity index is 372. The minimum atomic E-state index is -0.501. The summed E-state index contributed by atoms with van der Waals surface area (Å²) in [6, 6.07) is 5.92. The first-order valence-electron chi connectivity index (χ1n) is 5.24. The molecule has 1 fully saturated rings. The van der Waals surface area contributed by atoms with Crippen LogP contribution < -0.4 is 0 Å². The number of ketones is 1. The van der Waals surface area contributed by atoms with Gasteiger partial charge in [-0.2, -0.15) is 0 Å². The number of carbonyl (C=O) groups is 1. The van der Waals surface area contributed by atoms with Crippen molar-refractivity contribution in [3.8, 4) is 0 Å². The molecule has 3 nitrogen and oxygen atoms in total. The van der Waals surface area contributed by atoms with Crippen molar-refractivity contribution < 1.29 is 18.7 Å². The molecule has 0 bridgehead atoms. The Balaban J connectivity index is 1.90. The molecular weight excluding hydrogens is 211 g/mol. The van der Waals surface area contributed by atoms with Crippen LogP contribution in [-0.2, 0) is 9.47 Å². The smallest absolute Gasteiger partial charge is 0.191 e. The maximum Gasteiger partial charge on any atom is 0.191 e. The zero-order valence-corrected chi connectivity index (χ0v) is 8.82. The van der Waals surface area contributed by atoms with Crippen LogP contribution >= 0.6 is 0 Å². The van der Waals surface area contributed by atoms with Crippen LogP contribution in [0.2, 0.25) is 0 Å². The second kappa shape index (κ2) is 5.18. The van der Waals surface area contributed by atoms with Crippen LogP contribution in [0.25, 0.3) is 0 Å². The van der Waals surface area contributed by atoms with Crippen molar-refractivity contribution in [1.82, 2.24) is 0 Å². The summed E-state index contributed by atoms with van der Waals surface area (Å²) in [5, 5.41) is 0. The number of rotatable bonds is 4. The zero-order valence-electron chi connectivity index (χ0n) is 8.82. The van der Waals surface area contributed by atoms with Gasteiger partial charge in [-0.1, -0.05) is 12.1 Å². The summed E-state index contributed by atoms with van der Waals surface area (Å²) in [4.78, 5) is 11.6. The molecular formula is C12H13FO3. The second-order valence-corrected chi connectivity index (χ2v) is 3.70. The summed E-state index contributed by atoms with van der Waals surface area (Å²) in [5.74, 6) is -0.830. The van der Waals surface area contributed by atoms with E-state index in [2.05, 4.69) is 0 Å². The third-order valence-electron chi connectivity index (χ3n) is 2.51. The lowest BCUT2D eigenvalue weighted by Gasteiger charge is -2.09. The molecule has 0 radical (unpaired) electrons. The lowest BCUT2D eigenvalue weighted by molar-refractivity contribution is 0.0388. The van der Waals surface area contributed by atoms with Gasteiger partial charge in [-0.15, -0.1) is 0 Å². The van der Waals surface area contributed by atoms with Crippen molar-refractivity contribution in [2.75, 3.05) is 19.8 Å². The monoisotopic (exact) mass is 224 g/mol. The second-order valence-electron chi connectivity index (χ2n) is 3.70. The van der Waals surface area contributed by atoms with Gasteiger partial charge < -0.3 is 9.47 Å². The lowest BCUT2D eigenvalue weighted by atomic mass is 10.1. The number of hydrogen-bond donors (Lipinski definition) is 0. The van der Waals surface area contributed by atoms with Gasteiger partial charge in [0.1, 0.15) is 12.4 Å². The van der Waals surface area contributed by atoms with E-state index in [0.29, 0.717) is 13.2 Å². The maximum atomic E-state index is 13.2. The first kappa shape index (κ1) is 11.2. The molecule has 0 aliphatic carbocycles. The summed E-state index contributed by atoms with van der Waals surface area (Å²) in [6.07, 6.45) is 0.764. The Hall–Kier alpha value is -1.26. The van der Waals surface area contributed by atoms with Crippen LogP contribution in [0.4, 0.5) is 4.39 Å². The number of hydrogen-bond acceptors (Lipinski definition) is 3. The normalized spacial score (nSPS) is 19.9. The van der Waals surface area contributed by atoms with Crippen molar-refractivity contribution in [3.05, 3.63) is 35.6 Å². The van der Waals surface area contributed by atoms with Gasteiger partial charge in [0.2, 0.25) is 0 Å². The Kier molecular flexibility index (Phi) is 3.64. The van der Waals surface area contributed by atoms with Crippen molar-refractivity contribution in [2.45, 2.75) is 12.5 Å². The van der Waals surface area contributed by atoms with E-state index in [9.17, 15) is 9.18 Å². The van der Waals surface area contributed by atoms with Gasteiger partial charge in [-0.05, 0) is 18.6 Å². The summed E-state index contributed by atoms with van der Waals surface area (Å²) in [6.45, 7) is 1.10. The number of ether oxygens (including phenoxy) is 2. The Morgan fingerprint density at radius 1 is 1.50 bits per heavy atom. The Morgan fingerprint density at radius 2 is 2.31 bits per heavy atom. The largest absolute Gasteiger partial charge is 0.379 e.